The van der Waals surface area contributed by atoms with Crippen LogP contribution in [0, 0.1) is 6.92 Å². The van der Waals surface area contributed by atoms with E-state index in [4.69, 9.17) is 4.55 Å². The zero-order chi connectivity index (χ0) is 8.27. The molecule has 0 aliphatic rings. The van der Waals surface area contributed by atoms with Gasteiger partial charge in [-0.25, -0.2) is 4.21 Å². The first-order valence-electron chi connectivity index (χ1n) is 3.12. The molecule has 5 heteroatoms. The van der Waals surface area contributed by atoms with E-state index in [2.05, 4.69) is 4.72 Å². The number of hydrogen-bond acceptors (Lipinski definition) is 1. The van der Waals surface area contributed by atoms with Crippen molar-refractivity contribution in [2.45, 2.75) is 6.92 Å². The Hall–Kier alpha value is 0.234. The van der Waals surface area contributed by atoms with E-state index in [0.717, 1.165) is 5.56 Å². The van der Waals surface area contributed by atoms with Gasteiger partial charge in [0.2, 0.25) is 0 Å². The normalized spacial score (nSPS) is 11.5. The topological polar surface area (TPSA) is 49.3 Å². The second-order valence-corrected chi connectivity index (χ2v) is 2.92. The van der Waals surface area contributed by atoms with E-state index in [0.29, 0.717) is 5.69 Å². The van der Waals surface area contributed by atoms with Gasteiger partial charge in [-0.05, 0) is 19.1 Å². The fourth-order valence-corrected chi connectivity index (χ4v) is 1.06. The average molecular weight is 260 g/mol. The molecule has 1 atom stereocenters. The summed E-state index contributed by atoms with van der Waals surface area (Å²) in [6.07, 6.45) is 0. The SMILES string of the molecule is Cc1ccc(NS(=O)O)cc1.[Y]. The Morgan fingerprint density at radius 3 is 2.25 bits per heavy atom. The molecule has 12 heavy (non-hydrogen) atoms. The molecule has 1 aromatic carbocycles. The first-order valence-corrected chi connectivity index (χ1v) is 4.23. The van der Waals surface area contributed by atoms with E-state index in [1.807, 2.05) is 19.1 Å². The maximum atomic E-state index is 10.3. The van der Waals surface area contributed by atoms with Crippen LogP contribution in [0.1, 0.15) is 5.56 Å². The van der Waals surface area contributed by atoms with E-state index in [1.54, 1.807) is 12.1 Å². The molecule has 1 aromatic rings. The molecule has 63 valence electrons. The Bertz CT molecular complexity index is 263. The summed E-state index contributed by atoms with van der Waals surface area (Å²) in [7, 11) is 0. The molecule has 0 aromatic heterocycles. The summed E-state index contributed by atoms with van der Waals surface area (Å²) >= 11 is -1.97. The predicted octanol–water partition coefficient (Wildman–Crippen LogP) is 1.54. The van der Waals surface area contributed by atoms with Crippen LogP contribution in [0.4, 0.5) is 5.69 Å². The molecule has 1 radical (unpaired) electrons. The molecule has 0 amide bonds. The fourth-order valence-electron chi connectivity index (χ4n) is 0.722. The van der Waals surface area contributed by atoms with Gasteiger partial charge in [0.1, 0.15) is 0 Å². The van der Waals surface area contributed by atoms with Gasteiger partial charge in [-0.2, -0.15) is 0 Å². The van der Waals surface area contributed by atoms with Gasteiger partial charge in [0.05, 0.1) is 0 Å². The Labute approximate surface area is 99.2 Å². The number of rotatable bonds is 2. The molecule has 0 aliphatic carbocycles. The van der Waals surface area contributed by atoms with Crippen LogP contribution in [-0.2, 0) is 44.0 Å². The number of aryl methyl sites for hydroxylation is 1. The second kappa shape index (κ2) is 5.81. The van der Waals surface area contributed by atoms with Crippen molar-refractivity contribution in [3.8, 4) is 0 Å². The van der Waals surface area contributed by atoms with E-state index >= 15 is 0 Å². The first-order chi connectivity index (χ1) is 5.18. The number of benzene rings is 1. The standard InChI is InChI=1S/C7H9NO2S.Y/c1-6-2-4-7(5-3-6)8-11(9)10;/h2-5,8H,1H3,(H,9,10);. The van der Waals surface area contributed by atoms with Crippen molar-refractivity contribution in [3.05, 3.63) is 29.8 Å². The predicted molar refractivity (Wildman–Crippen MR) is 45.6 cm³/mol. The quantitative estimate of drug-likeness (QED) is 0.792. The van der Waals surface area contributed by atoms with Crippen molar-refractivity contribution in [2.24, 2.45) is 0 Å². The third-order valence-electron chi connectivity index (χ3n) is 1.26. The van der Waals surface area contributed by atoms with Gasteiger partial charge in [-0.1, -0.05) is 17.7 Å². The van der Waals surface area contributed by atoms with Crippen LogP contribution >= 0.6 is 0 Å². The van der Waals surface area contributed by atoms with Gasteiger partial charge in [-0.3, -0.25) is 9.27 Å². The minimum atomic E-state index is -1.97. The third-order valence-corrected chi connectivity index (χ3v) is 1.67. The monoisotopic (exact) mass is 260 g/mol. The van der Waals surface area contributed by atoms with E-state index in [-0.39, 0.29) is 32.7 Å². The van der Waals surface area contributed by atoms with Crippen LogP contribution in [-0.4, -0.2) is 8.76 Å². The van der Waals surface area contributed by atoms with Crippen molar-refractivity contribution in [1.82, 2.24) is 0 Å². The fraction of sp³-hybridized carbons (Fsp3) is 0.143. The number of hydrogen-bond donors (Lipinski definition) is 2. The van der Waals surface area contributed by atoms with Gasteiger partial charge in [-0.15, -0.1) is 0 Å². The maximum absolute atomic E-state index is 10.3. The van der Waals surface area contributed by atoms with Crippen LogP contribution in [0.2, 0.25) is 0 Å². The first kappa shape index (κ1) is 12.2. The zero-order valence-corrected chi connectivity index (χ0v) is 10.3. The van der Waals surface area contributed by atoms with E-state index in [9.17, 15) is 4.21 Å². The molecule has 2 N–H and O–H groups in total. The van der Waals surface area contributed by atoms with E-state index < -0.39 is 11.3 Å². The molecule has 0 aliphatic heterocycles. The van der Waals surface area contributed by atoms with Crippen molar-refractivity contribution in [3.63, 3.8) is 0 Å². The Morgan fingerprint density at radius 1 is 1.33 bits per heavy atom. The molecule has 0 saturated heterocycles. The molecule has 3 nitrogen and oxygen atoms in total. The minimum absolute atomic E-state index is 0. The molecular weight excluding hydrogens is 251 g/mol. The number of anilines is 1. The summed E-state index contributed by atoms with van der Waals surface area (Å²) < 4.78 is 21.0. The van der Waals surface area contributed by atoms with E-state index in [1.165, 1.54) is 0 Å². The van der Waals surface area contributed by atoms with Crippen LogP contribution in [0.3, 0.4) is 0 Å². The molecule has 1 rings (SSSR count). The number of nitrogens with one attached hydrogen (secondary N) is 1. The van der Waals surface area contributed by atoms with Gasteiger partial charge in [0.25, 0.3) is 11.3 Å². The van der Waals surface area contributed by atoms with Crippen molar-refractivity contribution in [2.75, 3.05) is 4.72 Å². The summed E-state index contributed by atoms with van der Waals surface area (Å²) in [5.74, 6) is 0. The molecule has 0 spiro atoms. The van der Waals surface area contributed by atoms with Gasteiger partial charge in [0.15, 0.2) is 0 Å². The maximum Gasteiger partial charge on any atom is 0.259 e. The van der Waals surface area contributed by atoms with Gasteiger partial charge >= 0.3 is 0 Å². The molecule has 1 unspecified atom stereocenters. The van der Waals surface area contributed by atoms with Crippen molar-refractivity contribution < 1.29 is 41.5 Å². The van der Waals surface area contributed by atoms with Crippen LogP contribution in [0.15, 0.2) is 24.3 Å². The summed E-state index contributed by atoms with van der Waals surface area (Å²) in [5.41, 5.74) is 1.77. The Balaban J connectivity index is 0.00000121. The third kappa shape index (κ3) is 4.31. The smallest absolute Gasteiger partial charge is 0.259 e. The molecule has 0 saturated carbocycles. The molecule has 0 heterocycles. The second-order valence-electron chi connectivity index (χ2n) is 2.22. The molecule has 0 fully saturated rings. The van der Waals surface area contributed by atoms with Crippen LogP contribution < -0.4 is 4.72 Å². The van der Waals surface area contributed by atoms with Gasteiger partial charge in [0, 0.05) is 38.4 Å². The molecule has 0 bridgehead atoms. The summed E-state index contributed by atoms with van der Waals surface area (Å²) in [5, 5.41) is 0. The zero-order valence-electron chi connectivity index (χ0n) is 6.65. The van der Waals surface area contributed by atoms with Crippen LogP contribution in [0.5, 0.6) is 0 Å². The van der Waals surface area contributed by atoms with Gasteiger partial charge < -0.3 is 0 Å². The Kier molecular flexibility index (Phi) is 5.92. The molecular formula is C7H9NO2SY. The summed E-state index contributed by atoms with van der Waals surface area (Å²) in [6, 6.07) is 7.25. The largest absolute Gasteiger partial charge is 0.289 e. The van der Waals surface area contributed by atoms with Crippen molar-refractivity contribution >= 4 is 17.0 Å². The Morgan fingerprint density at radius 2 is 1.83 bits per heavy atom. The summed E-state index contributed by atoms with van der Waals surface area (Å²) in [4.78, 5) is 0. The summed E-state index contributed by atoms with van der Waals surface area (Å²) in [6.45, 7) is 1.96. The minimum Gasteiger partial charge on any atom is -0.289 e. The van der Waals surface area contributed by atoms with Crippen LogP contribution in [0.25, 0.3) is 0 Å². The van der Waals surface area contributed by atoms with Crippen molar-refractivity contribution in [1.29, 1.82) is 0 Å². The average Bonchev–Trinajstić information content (AvgIpc) is 1.93.